The van der Waals surface area contributed by atoms with Crippen LogP contribution in [-0.4, -0.2) is 7.11 Å². The molecule has 0 saturated heterocycles. The van der Waals surface area contributed by atoms with Crippen molar-refractivity contribution in [1.29, 1.82) is 5.26 Å². The molecule has 3 nitrogen and oxygen atoms in total. The Labute approximate surface area is 112 Å². The zero-order valence-corrected chi connectivity index (χ0v) is 10.5. The predicted molar refractivity (Wildman–Crippen MR) is 74.5 cm³/mol. The Bertz CT molecular complexity index is 703. The Morgan fingerprint density at radius 3 is 2.58 bits per heavy atom. The van der Waals surface area contributed by atoms with E-state index in [2.05, 4.69) is 17.9 Å². The molecule has 92 valence electrons. The summed E-state index contributed by atoms with van der Waals surface area (Å²) in [5.41, 5.74) is 8.43. The highest BCUT2D eigenvalue weighted by molar-refractivity contribution is 5.54. The van der Waals surface area contributed by atoms with Crippen LogP contribution in [0.25, 0.3) is 0 Å². The van der Waals surface area contributed by atoms with Gasteiger partial charge in [0.05, 0.1) is 24.3 Å². The summed E-state index contributed by atoms with van der Waals surface area (Å²) in [5.74, 6) is 6.66. The lowest BCUT2D eigenvalue weighted by atomic mass is 10.1. The van der Waals surface area contributed by atoms with E-state index >= 15 is 0 Å². The molecule has 0 spiro atoms. The number of nitriles is 1. The highest BCUT2D eigenvalue weighted by atomic mass is 16.5. The molecular weight excluding hydrogens is 236 g/mol. The van der Waals surface area contributed by atoms with E-state index < -0.39 is 0 Å². The maximum Gasteiger partial charge on any atom is 0.134 e. The smallest absolute Gasteiger partial charge is 0.134 e. The molecule has 2 rings (SSSR count). The van der Waals surface area contributed by atoms with Gasteiger partial charge in [-0.1, -0.05) is 17.9 Å². The van der Waals surface area contributed by atoms with Gasteiger partial charge in [0.1, 0.15) is 5.75 Å². The van der Waals surface area contributed by atoms with Crippen molar-refractivity contribution in [2.75, 3.05) is 12.8 Å². The average molecular weight is 248 g/mol. The number of nitrogens with zero attached hydrogens (tertiary/aromatic N) is 1. The third kappa shape index (κ3) is 3.06. The van der Waals surface area contributed by atoms with Crippen LogP contribution >= 0.6 is 0 Å². The fourth-order valence-electron chi connectivity index (χ4n) is 1.63. The first-order chi connectivity index (χ1) is 9.22. The van der Waals surface area contributed by atoms with Gasteiger partial charge in [0.15, 0.2) is 0 Å². The third-order valence-corrected chi connectivity index (χ3v) is 2.56. The van der Waals surface area contributed by atoms with Crippen molar-refractivity contribution < 1.29 is 4.74 Å². The van der Waals surface area contributed by atoms with E-state index in [1.165, 1.54) is 0 Å². The van der Waals surface area contributed by atoms with E-state index in [0.29, 0.717) is 22.6 Å². The first-order valence-electron chi connectivity index (χ1n) is 5.68. The van der Waals surface area contributed by atoms with E-state index in [4.69, 9.17) is 15.7 Å². The average Bonchev–Trinajstić information content (AvgIpc) is 2.45. The van der Waals surface area contributed by atoms with Gasteiger partial charge >= 0.3 is 0 Å². The maximum absolute atomic E-state index is 8.89. The minimum absolute atomic E-state index is 0.553. The second-order valence-corrected chi connectivity index (χ2v) is 3.90. The van der Waals surface area contributed by atoms with Crippen LogP contribution in [0.4, 0.5) is 5.69 Å². The highest BCUT2D eigenvalue weighted by Gasteiger charge is 2.01. The lowest BCUT2D eigenvalue weighted by molar-refractivity contribution is 0.413. The second kappa shape index (κ2) is 5.62. The number of hydrogen-bond donors (Lipinski definition) is 1. The lowest BCUT2D eigenvalue weighted by Crippen LogP contribution is -1.89. The molecule has 2 N–H and O–H groups in total. The summed E-state index contributed by atoms with van der Waals surface area (Å²) in [6.07, 6.45) is 0. The Morgan fingerprint density at radius 1 is 1.05 bits per heavy atom. The van der Waals surface area contributed by atoms with Crippen molar-refractivity contribution in [2.45, 2.75) is 0 Å². The molecule has 0 atom stereocenters. The standard InChI is InChI=1S/C16H12N2O/c1-19-16-8-6-13(11-17)9-14(16)7-5-12-3-2-4-15(18)10-12/h2-4,6,8-10H,18H2,1H3. The molecule has 19 heavy (non-hydrogen) atoms. The Morgan fingerprint density at radius 2 is 1.89 bits per heavy atom. The van der Waals surface area contributed by atoms with E-state index in [9.17, 15) is 0 Å². The molecule has 0 aromatic heterocycles. The molecule has 0 aliphatic carbocycles. The first-order valence-corrected chi connectivity index (χ1v) is 5.68. The normalized spacial score (nSPS) is 9.05. The summed E-state index contributed by atoms with van der Waals surface area (Å²) in [4.78, 5) is 0. The maximum atomic E-state index is 8.89. The molecule has 0 aliphatic heterocycles. The monoisotopic (exact) mass is 248 g/mol. The zero-order valence-electron chi connectivity index (χ0n) is 10.5. The van der Waals surface area contributed by atoms with Gasteiger partial charge in [-0.25, -0.2) is 0 Å². The molecule has 0 amide bonds. The van der Waals surface area contributed by atoms with Gasteiger partial charge in [-0.2, -0.15) is 5.26 Å². The third-order valence-electron chi connectivity index (χ3n) is 2.56. The molecule has 0 unspecified atom stereocenters. The van der Waals surface area contributed by atoms with E-state index in [1.54, 1.807) is 31.4 Å². The number of rotatable bonds is 1. The summed E-state index contributed by atoms with van der Waals surface area (Å²) in [6, 6.07) is 14.6. The molecule has 0 heterocycles. The fraction of sp³-hybridized carbons (Fsp3) is 0.0625. The number of benzene rings is 2. The van der Waals surface area contributed by atoms with Crippen LogP contribution in [0.5, 0.6) is 5.75 Å². The van der Waals surface area contributed by atoms with Gasteiger partial charge in [-0.3, -0.25) is 0 Å². The van der Waals surface area contributed by atoms with Crippen molar-refractivity contribution >= 4 is 5.69 Å². The summed E-state index contributed by atoms with van der Waals surface area (Å²) >= 11 is 0. The lowest BCUT2D eigenvalue weighted by Gasteiger charge is -2.02. The van der Waals surface area contributed by atoms with Crippen molar-refractivity contribution in [2.24, 2.45) is 0 Å². The molecule has 2 aromatic carbocycles. The van der Waals surface area contributed by atoms with Gasteiger partial charge in [0, 0.05) is 11.3 Å². The highest BCUT2D eigenvalue weighted by Crippen LogP contribution is 2.18. The molecule has 2 aromatic rings. The Kier molecular flexibility index (Phi) is 3.71. The summed E-state index contributed by atoms with van der Waals surface area (Å²) in [6.45, 7) is 0. The molecule has 0 bridgehead atoms. The van der Waals surface area contributed by atoms with Crippen molar-refractivity contribution in [1.82, 2.24) is 0 Å². The van der Waals surface area contributed by atoms with Crippen LogP contribution in [0.3, 0.4) is 0 Å². The summed E-state index contributed by atoms with van der Waals surface area (Å²) in [7, 11) is 1.58. The predicted octanol–water partition coefficient (Wildman–Crippen LogP) is 2.55. The van der Waals surface area contributed by atoms with Gasteiger partial charge < -0.3 is 10.5 Å². The van der Waals surface area contributed by atoms with Crippen LogP contribution in [-0.2, 0) is 0 Å². The minimum atomic E-state index is 0.553. The van der Waals surface area contributed by atoms with Gasteiger partial charge in [0.25, 0.3) is 0 Å². The number of hydrogen-bond acceptors (Lipinski definition) is 3. The van der Waals surface area contributed by atoms with Gasteiger partial charge in [0.2, 0.25) is 0 Å². The quantitative estimate of drug-likeness (QED) is 0.623. The number of nitrogen functional groups attached to an aromatic ring is 1. The Hall–Kier alpha value is -2.91. The van der Waals surface area contributed by atoms with Crippen LogP contribution in [0.2, 0.25) is 0 Å². The van der Waals surface area contributed by atoms with E-state index in [0.717, 1.165) is 5.56 Å². The van der Waals surface area contributed by atoms with Crippen LogP contribution in [0.15, 0.2) is 42.5 Å². The topological polar surface area (TPSA) is 59.0 Å². The van der Waals surface area contributed by atoms with E-state index in [1.807, 2.05) is 18.2 Å². The Balaban J connectivity index is 2.41. The van der Waals surface area contributed by atoms with Crippen LogP contribution < -0.4 is 10.5 Å². The molecule has 3 heteroatoms. The van der Waals surface area contributed by atoms with Crippen molar-refractivity contribution in [3.63, 3.8) is 0 Å². The SMILES string of the molecule is COc1ccc(C#N)cc1C#Cc1cccc(N)c1. The molecule has 0 saturated carbocycles. The second-order valence-electron chi connectivity index (χ2n) is 3.90. The van der Waals surface area contributed by atoms with Gasteiger partial charge in [-0.15, -0.1) is 0 Å². The molecule has 0 aliphatic rings. The van der Waals surface area contributed by atoms with Crippen LogP contribution in [0.1, 0.15) is 16.7 Å². The first kappa shape index (κ1) is 12.5. The van der Waals surface area contributed by atoms with Crippen molar-refractivity contribution in [3.05, 3.63) is 59.2 Å². The van der Waals surface area contributed by atoms with Crippen LogP contribution in [0, 0.1) is 23.2 Å². The molecule has 0 fully saturated rings. The van der Waals surface area contributed by atoms with E-state index in [-0.39, 0.29) is 0 Å². The zero-order chi connectivity index (χ0) is 13.7. The summed E-state index contributed by atoms with van der Waals surface area (Å²) < 4.78 is 5.22. The van der Waals surface area contributed by atoms with Gasteiger partial charge in [-0.05, 0) is 36.4 Å². The van der Waals surface area contributed by atoms with Crippen molar-refractivity contribution in [3.8, 4) is 23.7 Å². The molecule has 0 radical (unpaired) electrons. The number of ether oxygens (including phenoxy) is 1. The largest absolute Gasteiger partial charge is 0.495 e. The number of nitrogens with two attached hydrogens (primary N) is 1. The fourth-order valence-corrected chi connectivity index (χ4v) is 1.63. The molecular formula is C16H12N2O. The minimum Gasteiger partial charge on any atom is -0.495 e. The summed E-state index contributed by atoms with van der Waals surface area (Å²) in [5, 5.41) is 8.89. The number of methoxy groups -OCH3 is 1. The number of anilines is 1.